The van der Waals surface area contributed by atoms with Crippen molar-refractivity contribution in [1.29, 1.82) is 0 Å². The summed E-state index contributed by atoms with van der Waals surface area (Å²) in [6, 6.07) is 8.86. The van der Waals surface area contributed by atoms with Crippen molar-refractivity contribution in [1.82, 2.24) is 14.3 Å². The molecular weight excluding hydrogens is 696 g/mol. The van der Waals surface area contributed by atoms with Crippen molar-refractivity contribution in [3.63, 3.8) is 0 Å². The van der Waals surface area contributed by atoms with E-state index in [1.54, 1.807) is 88.3 Å². The SMILES string of the molecule is CC(=O)C[C@H](NS(=O)(=O)N(Cc1ccc(OC(=O)c2ccc(N=C(C)NC(=O)OC(C)(C)C)cc2C)cc1)C(=O)OC(C)(C)C)C(=O)OC(C)(C)C. The molecule has 0 unspecified atom stereocenters. The van der Waals surface area contributed by atoms with Crippen molar-refractivity contribution in [3.05, 3.63) is 59.2 Å². The largest absolute Gasteiger partial charge is 0.459 e. The normalized spacial score (nSPS) is 13.0. The molecule has 0 bridgehead atoms. The first-order valence-electron chi connectivity index (χ1n) is 16.4. The molecule has 15 nitrogen and oxygen atoms in total. The van der Waals surface area contributed by atoms with Crippen LogP contribution in [0.2, 0.25) is 0 Å². The van der Waals surface area contributed by atoms with Crippen molar-refractivity contribution in [2.45, 2.75) is 119 Å². The highest BCUT2D eigenvalue weighted by Gasteiger charge is 2.37. The standard InChI is InChI=1S/C36H50N4O11S/c1-22-19-26(37-24(3)38-32(44)50-35(7,8)9)15-18-28(22)30(42)48-27-16-13-25(14-17-27)21-40(33(45)51-36(10,11)12)52(46,47)39-29(20-23(2)41)31(43)49-34(4,5)6/h13-19,29,39H,20-21H2,1-12H3,(H,37,38,44)/t29-/m0/s1. The van der Waals surface area contributed by atoms with Crippen LogP contribution in [0, 0.1) is 6.92 Å². The Hall–Kier alpha value is -4.83. The number of alkyl carbamates (subject to hydrolysis) is 1. The van der Waals surface area contributed by atoms with Gasteiger partial charge >= 0.3 is 34.3 Å². The zero-order valence-corrected chi connectivity index (χ0v) is 32.6. The van der Waals surface area contributed by atoms with E-state index in [1.807, 2.05) is 0 Å². The summed E-state index contributed by atoms with van der Waals surface area (Å²) >= 11 is 0. The lowest BCUT2D eigenvalue weighted by Gasteiger charge is -2.29. The van der Waals surface area contributed by atoms with Crippen LogP contribution in [0.3, 0.4) is 0 Å². The van der Waals surface area contributed by atoms with Gasteiger partial charge in [-0.15, -0.1) is 0 Å². The number of aliphatic imine (C=N–C) groups is 1. The van der Waals surface area contributed by atoms with Crippen LogP contribution in [0.5, 0.6) is 5.75 Å². The van der Waals surface area contributed by atoms with Gasteiger partial charge in [0, 0.05) is 6.42 Å². The predicted molar refractivity (Wildman–Crippen MR) is 193 cm³/mol. The zero-order chi connectivity index (χ0) is 39.8. The van der Waals surface area contributed by atoms with Crippen molar-refractivity contribution in [2.75, 3.05) is 0 Å². The summed E-state index contributed by atoms with van der Waals surface area (Å²) in [5, 5.41) is 2.54. The molecule has 0 saturated heterocycles. The lowest BCUT2D eigenvalue weighted by Crippen LogP contribution is -2.52. The topological polar surface area (TPSA) is 196 Å². The minimum atomic E-state index is -4.80. The number of benzene rings is 2. The second-order valence-corrected chi connectivity index (χ2v) is 16.6. The van der Waals surface area contributed by atoms with Gasteiger partial charge in [-0.3, -0.25) is 14.9 Å². The Kier molecular flexibility index (Phi) is 14.3. The van der Waals surface area contributed by atoms with Crippen LogP contribution in [0.1, 0.15) is 104 Å². The van der Waals surface area contributed by atoms with Gasteiger partial charge in [-0.25, -0.2) is 19.4 Å². The van der Waals surface area contributed by atoms with Crippen LogP contribution < -0.4 is 14.8 Å². The molecule has 0 radical (unpaired) electrons. The molecule has 0 aliphatic carbocycles. The Morgan fingerprint density at radius 2 is 1.37 bits per heavy atom. The molecule has 2 N–H and O–H groups in total. The van der Waals surface area contributed by atoms with Crippen LogP contribution in [-0.4, -0.2) is 71.3 Å². The molecule has 52 heavy (non-hydrogen) atoms. The quantitative estimate of drug-likeness (QED) is 0.0893. The Bertz CT molecular complexity index is 1780. The average Bonchev–Trinajstić information content (AvgIpc) is 2.92. The third-order valence-corrected chi connectivity index (χ3v) is 7.67. The van der Waals surface area contributed by atoms with E-state index in [4.69, 9.17) is 18.9 Å². The number of hydrogen-bond acceptors (Lipinski definition) is 12. The van der Waals surface area contributed by atoms with Gasteiger partial charge in [-0.2, -0.15) is 17.4 Å². The van der Waals surface area contributed by atoms with Crippen LogP contribution in [-0.2, 0) is 40.6 Å². The molecule has 2 aromatic carbocycles. The van der Waals surface area contributed by atoms with E-state index in [1.165, 1.54) is 37.3 Å². The molecule has 0 aromatic heterocycles. The van der Waals surface area contributed by atoms with Gasteiger partial charge in [-0.05, 0) is 125 Å². The Morgan fingerprint density at radius 3 is 1.87 bits per heavy atom. The minimum absolute atomic E-state index is 0.129. The van der Waals surface area contributed by atoms with E-state index < -0.39 is 75.9 Å². The number of amidine groups is 1. The Balaban J connectivity index is 2.26. The monoisotopic (exact) mass is 746 g/mol. The number of ether oxygens (including phenoxy) is 4. The van der Waals surface area contributed by atoms with Crippen molar-refractivity contribution >= 4 is 51.6 Å². The number of carbonyl (C=O) groups is 5. The number of ketones is 1. The molecule has 2 aromatic rings. The summed E-state index contributed by atoms with van der Waals surface area (Å²) in [5.74, 6) is -1.75. The van der Waals surface area contributed by atoms with Gasteiger partial charge in [0.2, 0.25) is 0 Å². The number of amides is 2. The highest BCUT2D eigenvalue weighted by atomic mass is 32.2. The van der Waals surface area contributed by atoms with Gasteiger partial charge in [0.25, 0.3) is 0 Å². The lowest BCUT2D eigenvalue weighted by atomic mass is 10.1. The summed E-state index contributed by atoms with van der Waals surface area (Å²) in [6.45, 7) is 18.6. The number of esters is 2. The number of nitrogens with zero attached hydrogens (tertiary/aromatic N) is 2. The van der Waals surface area contributed by atoms with Crippen molar-refractivity contribution < 1.29 is 51.3 Å². The summed E-state index contributed by atoms with van der Waals surface area (Å²) in [7, 11) is -4.80. The predicted octanol–water partition coefficient (Wildman–Crippen LogP) is 6.05. The average molecular weight is 747 g/mol. The lowest BCUT2D eigenvalue weighted by molar-refractivity contribution is -0.157. The van der Waals surface area contributed by atoms with Gasteiger partial charge in [-0.1, -0.05) is 12.1 Å². The molecular formula is C36H50N4O11S. The number of nitrogens with one attached hydrogen (secondary N) is 2. The molecule has 286 valence electrons. The zero-order valence-electron chi connectivity index (χ0n) is 31.8. The van der Waals surface area contributed by atoms with E-state index in [2.05, 4.69) is 15.0 Å². The third-order valence-electron chi connectivity index (χ3n) is 6.23. The fourth-order valence-electron chi connectivity index (χ4n) is 4.25. The molecule has 0 saturated carbocycles. The van der Waals surface area contributed by atoms with Gasteiger partial charge in [0.1, 0.15) is 40.2 Å². The molecule has 1 atom stereocenters. The fraction of sp³-hybridized carbons (Fsp3) is 0.500. The molecule has 0 fully saturated rings. The first kappa shape index (κ1) is 43.3. The number of rotatable bonds is 11. The summed E-state index contributed by atoms with van der Waals surface area (Å²) in [6.07, 6.45) is -2.40. The summed E-state index contributed by atoms with van der Waals surface area (Å²) in [4.78, 5) is 67.3. The maximum atomic E-state index is 13.6. The third kappa shape index (κ3) is 15.2. The number of carbonyl (C=O) groups excluding carboxylic acids is 5. The van der Waals surface area contributed by atoms with Crippen molar-refractivity contribution in [2.24, 2.45) is 4.99 Å². The molecule has 0 heterocycles. The van der Waals surface area contributed by atoms with Crippen molar-refractivity contribution in [3.8, 4) is 5.75 Å². The highest BCUT2D eigenvalue weighted by Crippen LogP contribution is 2.23. The molecule has 0 spiro atoms. The molecule has 2 amide bonds. The van der Waals surface area contributed by atoms with Crippen LogP contribution >= 0.6 is 0 Å². The maximum absolute atomic E-state index is 13.6. The maximum Gasteiger partial charge on any atom is 0.425 e. The van der Waals surface area contributed by atoms with Gasteiger partial charge < -0.3 is 18.9 Å². The summed E-state index contributed by atoms with van der Waals surface area (Å²) < 4.78 is 51.1. The molecule has 0 aliphatic rings. The smallest absolute Gasteiger partial charge is 0.425 e. The van der Waals surface area contributed by atoms with E-state index >= 15 is 0 Å². The van der Waals surface area contributed by atoms with Crippen LogP contribution in [0.25, 0.3) is 0 Å². The van der Waals surface area contributed by atoms with E-state index in [0.717, 1.165) is 0 Å². The first-order chi connectivity index (χ1) is 23.6. The number of hydrogen-bond donors (Lipinski definition) is 2. The summed E-state index contributed by atoms with van der Waals surface area (Å²) in [5.41, 5.74) is -1.16. The molecule has 2 rings (SSSR count). The van der Waals surface area contributed by atoms with E-state index in [0.29, 0.717) is 21.1 Å². The van der Waals surface area contributed by atoms with Crippen LogP contribution in [0.15, 0.2) is 47.5 Å². The number of aryl methyl sites for hydroxylation is 1. The van der Waals surface area contributed by atoms with E-state index in [9.17, 15) is 32.4 Å². The van der Waals surface area contributed by atoms with Crippen LogP contribution in [0.4, 0.5) is 15.3 Å². The number of Topliss-reactive ketones (excluding diaryl/α,β-unsaturated/α-hetero) is 1. The second kappa shape index (κ2) is 17.1. The van der Waals surface area contributed by atoms with Gasteiger partial charge in [0.15, 0.2) is 0 Å². The minimum Gasteiger partial charge on any atom is -0.459 e. The molecule has 16 heteroatoms. The highest BCUT2D eigenvalue weighted by molar-refractivity contribution is 7.87. The van der Waals surface area contributed by atoms with E-state index in [-0.39, 0.29) is 17.1 Å². The fourth-order valence-corrected chi connectivity index (χ4v) is 5.47. The molecule has 0 aliphatic heterocycles. The second-order valence-electron chi connectivity index (χ2n) is 15.0. The Morgan fingerprint density at radius 1 is 0.808 bits per heavy atom. The van der Waals surface area contributed by atoms with Gasteiger partial charge in [0.05, 0.1) is 17.8 Å². The Labute approximate surface area is 305 Å². The first-order valence-corrected chi connectivity index (χ1v) is 17.8.